The highest BCUT2D eigenvalue weighted by atomic mass is 16.3. The molecular weight excluding hydrogens is 252 g/mol. The Morgan fingerprint density at radius 1 is 1.25 bits per heavy atom. The van der Waals surface area contributed by atoms with Crippen molar-refractivity contribution in [3.8, 4) is 0 Å². The van der Waals surface area contributed by atoms with Crippen LogP contribution in [0.4, 0.5) is 0 Å². The molecule has 2 rings (SSSR count). The zero-order valence-electron chi connectivity index (χ0n) is 12.9. The summed E-state index contributed by atoms with van der Waals surface area (Å²) in [5, 5.41) is 22.4. The number of aliphatic hydroxyl groups excluding tert-OH is 2. The first-order valence-corrected chi connectivity index (χ1v) is 8.45. The first-order valence-electron chi connectivity index (χ1n) is 8.45. The van der Waals surface area contributed by atoms with E-state index >= 15 is 0 Å². The molecule has 20 heavy (non-hydrogen) atoms. The average Bonchev–Trinajstić information content (AvgIpc) is 3.22. The molecule has 0 radical (unpaired) electrons. The van der Waals surface area contributed by atoms with E-state index in [1.54, 1.807) is 0 Å². The summed E-state index contributed by atoms with van der Waals surface area (Å²) in [4.78, 5) is 2.60. The van der Waals surface area contributed by atoms with Gasteiger partial charge in [-0.25, -0.2) is 0 Å². The molecule has 2 fully saturated rings. The van der Waals surface area contributed by atoms with Gasteiger partial charge in [0.2, 0.25) is 0 Å². The van der Waals surface area contributed by atoms with E-state index in [2.05, 4.69) is 17.1 Å². The Kier molecular flexibility index (Phi) is 6.75. The maximum atomic E-state index is 9.92. The Hall–Kier alpha value is -0.160. The summed E-state index contributed by atoms with van der Waals surface area (Å²) in [7, 11) is 0. The van der Waals surface area contributed by atoms with E-state index in [4.69, 9.17) is 5.11 Å². The Morgan fingerprint density at radius 3 is 2.70 bits per heavy atom. The molecule has 1 heterocycles. The van der Waals surface area contributed by atoms with Crippen LogP contribution >= 0.6 is 0 Å². The SMILES string of the molecule is CCC(O)CC1CC(NCCCO)CN(CC2CC2)C1. The minimum atomic E-state index is -0.140. The fraction of sp³-hybridized carbons (Fsp3) is 1.00. The van der Waals surface area contributed by atoms with Gasteiger partial charge in [0, 0.05) is 32.3 Å². The van der Waals surface area contributed by atoms with E-state index in [-0.39, 0.29) is 12.7 Å². The van der Waals surface area contributed by atoms with Crippen LogP contribution in [0.25, 0.3) is 0 Å². The van der Waals surface area contributed by atoms with Crippen molar-refractivity contribution >= 4 is 0 Å². The van der Waals surface area contributed by atoms with Gasteiger partial charge in [-0.3, -0.25) is 0 Å². The van der Waals surface area contributed by atoms with Crippen molar-refractivity contribution in [1.82, 2.24) is 10.2 Å². The molecular formula is C16H32N2O2. The van der Waals surface area contributed by atoms with Gasteiger partial charge in [-0.2, -0.15) is 0 Å². The van der Waals surface area contributed by atoms with Gasteiger partial charge < -0.3 is 20.4 Å². The number of nitrogens with one attached hydrogen (secondary N) is 1. The first-order chi connectivity index (χ1) is 9.71. The van der Waals surface area contributed by atoms with Crippen molar-refractivity contribution in [1.29, 1.82) is 0 Å². The normalized spacial score (nSPS) is 29.6. The molecule has 118 valence electrons. The molecule has 4 heteroatoms. The summed E-state index contributed by atoms with van der Waals surface area (Å²) in [5.74, 6) is 1.55. The Morgan fingerprint density at radius 2 is 2.05 bits per heavy atom. The molecule has 3 atom stereocenters. The molecule has 2 aliphatic rings. The molecule has 0 spiro atoms. The van der Waals surface area contributed by atoms with E-state index in [1.165, 1.54) is 25.8 Å². The lowest BCUT2D eigenvalue weighted by Crippen LogP contribution is -2.50. The van der Waals surface area contributed by atoms with E-state index in [0.29, 0.717) is 12.0 Å². The minimum Gasteiger partial charge on any atom is -0.396 e. The Balaban J connectivity index is 1.80. The zero-order valence-corrected chi connectivity index (χ0v) is 12.9. The van der Waals surface area contributed by atoms with E-state index < -0.39 is 0 Å². The van der Waals surface area contributed by atoms with E-state index in [9.17, 15) is 5.11 Å². The van der Waals surface area contributed by atoms with Crippen LogP contribution in [0.1, 0.15) is 45.4 Å². The summed E-state index contributed by atoms with van der Waals surface area (Å²) >= 11 is 0. The molecule has 1 saturated carbocycles. The van der Waals surface area contributed by atoms with Crippen LogP contribution in [0.5, 0.6) is 0 Å². The van der Waals surface area contributed by atoms with E-state index in [1.807, 2.05) is 0 Å². The Bertz CT molecular complexity index is 271. The fourth-order valence-corrected chi connectivity index (χ4v) is 3.37. The lowest BCUT2D eigenvalue weighted by atomic mass is 9.88. The van der Waals surface area contributed by atoms with Gasteiger partial charge >= 0.3 is 0 Å². The molecule has 1 aliphatic carbocycles. The van der Waals surface area contributed by atoms with Gasteiger partial charge in [-0.05, 0) is 56.9 Å². The van der Waals surface area contributed by atoms with Gasteiger partial charge in [0.05, 0.1) is 6.10 Å². The third kappa shape index (κ3) is 5.68. The summed E-state index contributed by atoms with van der Waals surface area (Å²) < 4.78 is 0. The number of nitrogens with zero attached hydrogens (tertiary/aromatic N) is 1. The molecule has 1 aliphatic heterocycles. The number of hydrogen-bond donors (Lipinski definition) is 3. The maximum Gasteiger partial charge on any atom is 0.0540 e. The number of likely N-dealkylation sites (tertiary alicyclic amines) is 1. The molecule has 0 aromatic heterocycles. The van der Waals surface area contributed by atoms with Crippen LogP contribution in [0.3, 0.4) is 0 Å². The van der Waals surface area contributed by atoms with Crippen LogP contribution < -0.4 is 5.32 Å². The van der Waals surface area contributed by atoms with Crippen molar-refractivity contribution in [2.24, 2.45) is 11.8 Å². The van der Waals surface area contributed by atoms with Gasteiger partial charge in [0.15, 0.2) is 0 Å². The predicted octanol–water partition coefficient (Wildman–Crippen LogP) is 1.22. The van der Waals surface area contributed by atoms with Crippen LogP contribution in [0.2, 0.25) is 0 Å². The topological polar surface area (TPSA) is 55.7 Å². The molecule has 0 aromatic carbocycles. The number of rotatable bonds is 9. The smallest absolute Gasteiger partial charge is 0.0540 e. The lowest BCUT2D eigenvalue weighted by molar-refractivity contribution is 0.0814. The highest BCUT2D eigenvalue weighted by Crippen LogP contribution is 2.32. The van der Waals surface area contributed by atoms with Crippen LogP contribution in [-0.2, 0) is 0 Å². The number of hydrogen-bond acceptors (Lipinski definition) is 4. The molecule has 4 nitrogen and oxygen atoms in total. The van der Waals surface area contributed by atoms with Crippen molar-refractivity contribution in [2.45, 2.75) is 57.6 Å². The summed E-state index contributed by atoms with van der Waals surface area (Å²) in [6.07, 6.45) is 6.48. The lowest BCUT2D eigenvalue weighted by Gasteiger charge is -2.39. The van der Waals surface area contributed by atoms with E-state index in [0.717, 1.165) is 44.8 Å². The van der Waals surface area contributed by atoms with Gasteiger partial charge in [-0.15, -0.1) is 0 Å². The first kappa shape index (κ1) is 16.2. The largest absolute Gasteiger partial charge is 0.396 e. The third-order valence-electron chi connectivity index (χ3n) is 4.67. The molecule has 0 amide bonds. The second-order valence-electron chi connectivity index (χ2n) is 6.79. The molecule has 0 bridgehead atoms. The highest BCUT2D eigenvalue weighted by molar-refractivity contribution is 4.87. The minimum absolute atomic E-state index is 0.140. The van der Waals surface area contributed by atoms with Gasteiger partial charge in [0.1, 0.15) is 0 Å². The molecule has 3 unspecified atom stereocenters. The van der Waals surface area contributed by atoms with Crippen LogP contribution in [0.15, 0.2) is 0 Å². The highest BCUT2D eigenvalue weighted by Gasteiger charge is 2.31. The second kappa shape index (κ2) is 8.32. The standard InChI is InChI=1S/C16H32N2O2/c1-2-16(20)9-14-8-15(17-6-3-7-19)12-18(11-14)10-13-4-5-13/h13-17,19-20H,2-12H2,1H3. The summed E-state index contributed by atoms with van der Waals surface area (Å²) in [6.45, 7) is 6.78. The van der Waals surface area contributed by atoms with Crippen LogP contribution in [0, 0.1) is 11.8 Å². The monoisotopic (exact) mass is 284 g/mol. The molecule has 3 N–H and O–H groups in total. The third-order valence-corrected chi connectivity index (χ3v) is 4.67. The predicted molar refractivity (Wildman–Crippen MR) is 81.7 cm³/mol. The van der Waals surface area contributed by atoms with Gasteiger partial charge in [0.25, 0.3) is 0 Å². The maximum absolute atomic E-state index is 9.92. The summed E-state index contributed by atoms with van der Waals surface area (Å²) in [6, 6.07) is 0.531. The van der Waals surface area contributed by atoms with Gasteiger partial charge in [-0.1, -0.05) is 6.92 Å². The quantitative estimate of drug-likeness (QED) is 0.557. The average molecular weight is 284 g/mol. The van der Waals surface area contributed by atoms with Crippen molar-refractivity contribution in [3.63, 3.8) is 0 Å². The summed E-state index contributed by atoms with van der Waals surface area (Å²) in [5.41, 5.74) is 0. The van der Waals surface area contributed by atoms with Crippen LogP contribution in [-0.4, -0.2) is 60.0 Å². The van der Waals surface area contributed by atoms with Crippen molar-refractivity contribution in [3.05, 3.63) is 0 Å². The van der Waals surface area contributed by atoms with Crippen molar-refractivity contribution in [2.75, 3.05) is 32.8 Å². The zero-order chi connectivity index (χ0) is 14.4. The fourth-order valence-electron chi connectivity index (χ4n) is 3.37. The number of piperidine rings is 1. The number of aliphatic hydroxyl groups is 2. The van der Waals surface area contributed by atoms with Crippen molar-refractivity contribution < 1.29 is 10.2 Å². The molecule has 0 aromatic rings. The second-order valence-corrected chi connectivity index (χ2v) is 6.79. The molecule has 1 saturated heterocycles. The Labute approximate surface area is 123 Å².